The number of hydrogen-bond donors (Lipinski definition) is 7. The fourth-order valence-corrected chi connectivity index (χ4v) is 4.28. The van der Waals surface area contributed by atoms with Gasteiger partial charge in [0.05, 0.1) is 12.5 Å². The predicted octanol–water partition coefficient (Wildman–Crippen LogP) is 0.950. The Balaban J connectivity index is 1.90. The summed E-state index contributed by atoms with van der Waals surface area (Å²) in [6.07, 6.45) is 0.941. The van der Waals surface area contributed by atoms with Gasteiger partial charge in [-0.2, -0.15) is 0 Å². The van der Waals surface area contributed by atoms with Crippen molar-refractivity contribution < 1.29 is 34.2 Å². The maximum Gasteiger partial charge on any atom is 0.326 e. The van der Waals surface area contributed by atoms with Crippen molar-refractivity contribution in [3.8, 4) is 0 Å². The number of para-hydroxylation sites is 1. The highest BCUT2D eigenvalue weighted by Crippen LogP contribution is 2.19. The van der Waals surface area contributed by atoms with Crippen LogP contribution >= 0.6 is 0 Å². The summed E-state index contributed by atoms with van der Waals surface area (Å²) in [5, 5.41) is 26.9. The third kappa shape index (κ3) is 8.64. The van der Waals surface area contributed by atoms with E-state index in [0.29, 0.717) is 5.56 Å². The smallest absolute Gasteiger partial charge is 0.326 e. The van der Waals surface area contributed by atoms with Crippen molar-refractivity contribution in [1.29, 1.82) is 0 Å². The number of aromatic nitrogens is 1. The monoisotopic (exact) mass is 565 g/mol. The standard InChI is InChI=1S/C29H35N5O7/c1-16(2)25(30)28(39)33-22(13-18-15-31-20-11-7-6-10-19(18)20)27(38)32-21(12-17-8-4-3-5-9-17)26(37)34-23(29(40)41)14-24(35)36/h3-11,15-16,21-23,25,31H,12-14,30H2,1-2H3,(H,32,38)(H,33,39)(H,34,37)(H,35,36)(H,40,41). The zero-order valence-corrected chi connectivity index (χ0v) is 22.8. The molecular formula is C29H35N5O7. The molecule has 3 rings (SSSR count). The zero-order chi connectivity index (χ0) is 30.1. The molecule has 4 atom stereocenters. The van der Waals surface area contributed by atoms with Gasteiger partial charge in [-0.05, 0) is 23.1 Å². The first-order chi connectivity index (χ1) is 19.5. The fraction of sp³-hybridized carbons (Fsp3) is 0.345. The Morgan fingerprint density at radius 3 is 1.95 bits per heavy atom. The fourth-order valence-electron chi connectivity index (χ4n) is 4.28. The highest BCUT2D eigenvalue weighted by atomic mass is 16.4. The third-order valence-electron chi connectivity index (χ3n) is 6.66. The van der Waals surface area contributed by atoms with E-state index in [1.165, 1.54) is 0 Å². The highest BCUT2D eigenvalue weighted by Gasteiger charge is 2.32. The van der Waals surface area contributed by atoms with Gasteiger partial charge < -0.3 is 36.9 Å². The van der Waals surface area contributed by atoms with E-state index in [2.05, 4.69) is 20.9 Å². The predicted molar refractivity (Wildman–Crippen MR) is 151 cm³/mol. The van der Waals surface area contributed by atoms with Crippen molar-refractivity contribution in [2.24, 2.45) is 11.7 Å². The Morgan fingerprint density at radius 1 is 0.780 bits per heavy atom. The molecule has 0 saturated carbocycles. The Morgan fingerprint density at radius 2 is 1.34 bits per heavy atom. The van der Waals surface area contributed by atoms with Crippen LogP contribution in [-0.2, 0) is 36.8 Å². The Hall–Kier alpha value is -4.71. The second kappa shape index (κ2) is 14.1. The molecule has 0 aliphatic carbocycles. The van der Waals surface area contributed by atoms with Gasteiger partial charge in [0.1, 0.15) is 18.1 Å². The highest BCUT2D eigenvalue weighted by molar-refractivity contribution is 5.95. The Bertz CT molecular complexity index is 1390. The van der Waals surface area contributed by atoms with Crippen LogP contribution in [0.5, 0.6) is 0 Å². The van der Waals surface area contributed by atoms with Gasteiger partial charge >= 0.3 is 11.9 Å². The number of aliphatic carboxylic acids is 2. The molecule has 0 aliphatic rings. The number of carboxylic acid groups (broad SMARTS) is 2. The number of carboxylic acids is 2. The number of nitrogens with two attached hydrogens (primary N) is 1. The summed E-state index contributed by atoms with van der Waals surface area (Å²) in [6.45, 7) is 3.55. The lowest BCUT2D eigenvalue weighted by atomic mass is 10.00. The van der Waals surface area contributed by atoms with E-state index in [1.807, 2.05) is 24.3 Å². The molecule has 0 radical (unpaired) electrons. The molecule has 0 aliphatic heterocycles. The number of rotatable bonds is 14. The molecule has 2 aromatic carbocycles. The maximum atomic E-state index is 13.7. The molecule has 218 valence electrons. The molecule has 0 bridgehead atoms. The van der Waals surface area contributed by atoms with Crippen molar-refractivity contribution in [1.82, 2.24) is 20.9 Å². The first-order valence-corrected chi connectivity index (χ1v) is 13.2. The van der Waals surface area contributed by atoms with Crippen LogP contribution in [0.3, 0.4) is 0 Å². The lowest BCUT2D eigenvalue weighted by molar-refractivity contribution is -0.147. The van der Waals surface area contributed by atoms with E-state index >= 15 is 0 Å². The summed E-state index contributed by atoms with van der Waals surface area (Å²) < 4.78 is 0. The van der Waals surface area contributed by atoms with Crippen LogP contribution < -0.4 is 21.7 Å². The molecule has 12 heteroatoms. The summed E-state index contributed by atoms with van der Waals surface area (Å²) in [5.41, 5.74) is 8.28. The molecule has 41 heavy (non-hydrogen) atoms. The van der Waals surface area contributed by atoms with Gasteiger partial charge in [0.15, 0.2) is 0 Å². The number of amides is 3. The molecule has 1 heterocycles. The number of carbonyl (C=O) groups is 5. The number of nitrogens with one attached hydrogen (secondary N) is 4. The number of H-pyrrole nitrogens is 1. The third-order valence-corrected chi connectivity index (χ3v) is 6.66. The number of carbonyl (C=O) groups excluding carboxylic acids is 3. The van der Waals surface area contributed by atoms with E-state index in [4.69, 9.17) is 10.8 Å². The quantitative estimate of drug-likeness (QED) is 0.150. The largest absolute Gasteiger partial charge is 0.481 e. The number of benzene rings is 2. The minimum absolute atomic E-state index is 0.0168. The SMILES string of the molecule is CC(C)C(N)C(=O)NC(Cc1c[nH]c2ccccc12)C(=O)NC(Cc1ccccc1)C(=O)NC(CC(=O)O)C(=O)O. The van der Waals surface area contributed by atoms with Crippen LogP contribution in [0.4, 0.5) is 0 Å². The number of hydrogen-bond acceptors (Lipinski definition) is 6. The second-order valence-corrected chi connectivity index (χ2v) is 10.1. The van der Waals surface area contributed by atoms with E-state index in [-0.39, 0.29) is 18.8 Å². The number of fused-ring (bicyclic) bond motifs is 1. The Kier molecular flexibility index (Phi) is 10.6. The van der Waals surface area contributed by atoms with E-state index in [9.17, 15) is 29.1 Å². The molecule has 8 N–H and O–H groups in total. The van der Waals surface area contributed by atoms with Gasteiger partial charge in [-0.15, -0.1) is 0 Å². The molecule has 1 aromatic heterocycles. The topological polar surface area (TPSA) is 204 Å². The zero-order valence-electron chi connectivity index (χ0n) is 22.8. The minimum Gasteiger partial charge on any atom is -0.481 e. The summed E-state index contributed by atoms with van der Waals surface area (Å²) in [5.74, 6) is -5.27. The molecule has 0 saturated heterocycles. The molecule has 12 nitrogen and oxygen atoms in total. The Labute approximate surface area is 236 Å². The second-order valence-electron chi connectivity index (χ2n) is 10.1. The molecule has 4 unspecified atom stereocenters. The summed E-state index contributed by atoms with van der Waals surface area (Å²) in [4.78, 5) is 65.6. The average Bonchev–Trinajstić information content (AvgIpc) is 3.34. The van der Waals surface area contributed by atoms with E-state index in [1.54, 1.807) is 50.4 Å². The van der Waals surface area contributed by atoms with Crippen molar-refractivity contribution in [3.05, 3.63) is 71.9 Å². The first-order valence-electron chi connectivity index (χ1n) is 13.2. The van der Waals surface area contributed by atoms with Gasteiger partial charge in [0.2, 0.25) is 17.7 Å². The minimum atomic E-state index is -1.71. The van der Waals surface area contributed by atoms with Crippen LogP contribution in [0.15, 0.2) is 60.8 Å². The summed E-state index contributed by atoms with van der Waals surface area (Å²) >= 11 is 0. The first kappa shape index (κ1) is 30.8. The van der Waals surface area contributed by atoms with Gasteiger partial charge in [-0.3, -0.25) is 19.2 Å². The van der Waals surface area contributed by atoms with Crippen LogP contribution in [0, 0.1) is 5.92 Å². The lowest BCUT2D eigenvalue weighted by Gasteiger charge is -2.26. The average molecular weight is 566 g/mol. The van der Waals surface area contributed by atoms with Gasteiger partial charge in [0, 0.05) is 29.9 Å². The van der Waals surface area contributed by atoms with Crippen molar-refractivity contribution in [2.75, 3.05) is 0 Å². The maximum absolute atomic E-state index is 13.7. The van der Waals surface area contributed by atoms with Gasteiger partial charge in [-0.1, -0.05) is 62.4 Å². The van der Waals surface area contributed by atoms with Gasteiger partial charge in [-0.25, -0.2) is 4.79 Å². The summed E-state index contributed by atoms with van der Waals surface area (Å²) in [7, 11) is 0. The van der Waals surface area contributed by atoms with Crippen molar-refractivity contribution in [3.63, 3.8) is 0 Å². The molecule has 3 amide bonds. The summed E-state index contributed by atoms with van der Waals surface area (Å²) in [6, 6.07) is 11.2. The molecule has 3 aromatic rings. The lowest BCUT2D eigenvalue weighted by Crippen LogP contribution is -2.58. The van der Waals surface area contributed by atoms with Crippen LogP contribution in [0.2, 0.25) is 0 Å². The van der Waals surface area contributed by atoms with E-state index in [0.717, 1.165) is 16.5 Å². The van der Waals surface area contributed by atoms with Gasteiger partial charge in [0.25, 0.3) is 0 Å². The molecule has 0 fully saturated rings. The van der Waals surface area contributed by atoms with Crippen molar-refractivity contribution >= 4 is 40.6 Å². The van der Waals surface area contributed by atoms with Crippen LogP contribution in [-0.4, -0.2) is 69.0 Å². The molecular weight excluding hydrogens is 530 g/mol. The van der Waals surface area contributed by atoms with E-state index < -0.39 is 60.2 Å². The number of aromatic amines is 1. The van der Waals surface area contributed by atoms with Crippen LogP contribution in [0.25, 0.3) is 10.9 Å². The van der Waals surface area contributed by atoms with Crippen LogP contribution in [0.1, 0.15) is 31.4 Å². The molecule has 0 spiro atoms. The van der Waals surface area contributed by atoms with Crippen molar-refractivity contribution in [2.45, 2.75) is 57.3 Å². The normalized spacial score (nSPS) is 14.0.